The zero-order valence-electron chi connectivity index (χ0n) is 22.6. The van der Waals surface area contributed by atoms with Crippen LogP contribution in [0.2, 0.25) is 0 Å². The predicted octanol–water partition coefficient (Wildman–Crippen LogP) is 7.76. The minimum absolute atomic E-state index is 0.622. The van der Waals surface area contributed by atoms with Gasteiger partial charge in [0.25, 0.3) is 0 Å². The van der Waals surface area contributed by atoms with E-state index < -0.39 is 0 Å². The third-order valence-electron chi connectivity index (χ3n) is 7.40. The molecule has 1 aromatic heterocycles. The molecule has 0 saturated carbocycles. The van der Waals surface area contributed by atoms with E-state index in [-0.39, 0.29) is 0 Å². The minimum atomic E-state index is 0.622. The number of thiophene rings is 1. The fourth-order valence-electron chi connectivity index (χ4n) is 5.16. The van der Waals surface area contributed by atoms with Gasteiger partial charge in [-0.2, -0.15) is 0 Å². The molecule has 0 amide bonds. The molecule has 4 rings (SSSR count). The molecule has 0 radical (unpaired) electrons. The maximum absolute atomic E-state index is 2.59. The summed E-state index contributed by atoms with van der Waals surface area (Å²) in [5.74, 6) is 1.58. The average molecular weight is 469 g/mol. The monoisotopic (exact) mass is 468 g/mol. The number of fused-ring (bicyclic) bond motifs is 2. The van der Waals surface area contributed by atoms with Crippen molar-refractivity contribution >= 4 is 17.0 Å². The van der Waals surface area contributed by atoms with E-state index in [9.17, 15) is 0 Å². The van der Waals surface area contributed by atoms with Crippen LogP contribution in [0.5, 0.6) is 0 Å². The SMILES string of the molecule is CC(C)Cc1ccc2c(c1)CCN2C(C)C.CCC(C)Cc1csc2c1CCN(C(C)C)C2. The second-order valence-corrected chi connectivity index (χ2v) is 12.3. The molecule has 0 aliphatic carbocycles. The summed E-state index contributed by atoms with van der Waals surface area (Å²) >= 11 is 1.98. The van der Waals surface area contributed by atoms with Crippen molar-refractivity contribution in [1.82, 2.24) is 4.90 Å². The average Bonchev–Trinajstić information content (AvgIpc) is 3.37. The molecule has 1 aromatic carbocycles. The lowest BCUT2D eigenvalue weighted by atomic mass is 9.94. The van der Waals surface area contributed by atoms with Crippen LogP contribution in [0.25, 0.3) is 0 Å². The first kappa shape index (κ1) is 26.3. The van der Waals surface area contributed by atoms with E-state index in [0.29, 0.717) is 12.1 Å². The van der Waals surface area contributed by atoms with Gasteiger partial charge in [-0.15, -0.1) is 11.3 Å². The summed E-state index contributed by atoms with van der Waals surface area (Å²) in [7, 11) is 0. The molecule has 1 unspecified atom stereocenters. The van der Waals surface area contributed by atoms with E-state index in [1.165, 1.54) is 63.0 Å². The maximum atomic E-state index is 2.59. The summed E-state index contributed by atoms with van der Waals surface area (Å²) in [6, 6.07) is 8.34. The highest BCUT2D eigenvalue weighted by atomic mass is 32.1. The molecule has 184 valence electrons. The first-order valence-corrected chi connectivity index (χ1v) is 14.3. The van der Waals surface area contributed by atoms with Crippen LogP contribution in [0, 0.1) is 11.8 Å². The standard InChI is InChI=1S/C15H25NS.C15H23N/c1-5-12(4)8-13-10-17-15-9-16(11(2)3)7-6-14(13)15;1-11(2)9-13-5-6-15-14(10-13)7-8-16(15)12(3)4/h10-12H,5-9H2,1-4H3;5-6,10-12H,7-9H2,1-4H3. The van der Waals surface area contributed by atoms with Crippen LogP contribution in [-0.4, -0.2) is 30.1 Å². The molecule has 0 fully saturated rings. The Kier molecular flexibility index (Phi) is 9.47. The second-order valence-electron chi connectivity index (χ2n) is 11.3. The van der Waals surface area contributed by atoms with Gasteiger partial charge < -0.3 is 4.90 Å². The summed E-state index contributed by atoms with van der Waals surface area (Å²) in [4.78, 5) is 6.73. The molecule has 3 heterocycles. The molecule has 2 aromatic rings. The summed E-state index contributed by atoms with van der Waals surface area (Å²) in [6.45, 7) is 22.0. The highest BCUT2D eigenvalue weighted by molar-refractivity contribution is 7.10. The van der Waals surface area contributed by atoms with E-state index >= 15 is 0 Å². The lowest BCUT2D eigenvalue weighted by Gasteiger charge is -2.30. The Balaban J connectivity index is 0.000000186. The molecule has 0 spiro atoms. The number of hydrogen-bond acceptors (Lipinski definition) is 3. The first-order valence-electron chi connectivity index (χ1n) is 13.4. The van der Waals surface area contributed by atoms with Gasteiger partial charge in [0.1, 0.15) is 0 Å². The van der Waals surface area contributed by atoms with Gasteiger partial charge in [-0.25, -0.2) is 0 Å². The van der Waals surface area contributed by atoms with E-state index in [0.717, 1.165) is 11.8 Å². The third kappa shape index (κ3) is 6.85. The lowest BCUT2D eigenvalue weighted by molar-refractivity contribution is 0.206. The van der Waals surface area contributed by atoms with Crippen LogP contribution in [0.15, 0.2) is 23.6 Å². The van der Waals surface area contributed by atoms with E-state index in [2.05, 4.69) is 88.8 Å². The van der Waals surface area contributed by atoms with E-state index in [1.807, 2.05) is 11.3 Å². The maximum Gasteiger partial charge on any atom is 0.0402 e. The van der Waals surface area contributed by atoms with Gasteiger partial charge in [-0.05, 0) is 98.9 Å². The Hall–Kier alpha value is -1.32. The first-order chi connectivity index (χ1) is 15.7. The van der Waals surface area contributed by atoms with Crippen molar-refractivity contribution < 1.29 is 0 Å². The molecule has 3 heteroatoms. The molecule has 2 aliphatic heterocycles. The molecule has 2 nitrogen and oxygen atoms in total. The largest absolute Gasteiger partial charge is 0.369 e. The molecule has 2 aliphatic rings. The molecule has 0 saturated heterocycles. The van der Waals surface area contributed by atoms with Gasteiger partial charge >= 0.3 is 0 Å². The normalized spacial score (nSPS) is 16.8. The van der Waals surface area contributed by atoms with Gasteiger partial charge in [0.05, 0.1) is 0 Å². The van der Waals surface area contributed by atoms with Crippen molar-refractivity contribution in [2.45, 2.75) is 106 Å². The smallest absolute Gasteiger partial charge is 0.0402 e. The number of hydrogen-bond donors (Lipinski definition) is 0. The van der Waals surface area contributed by atoms with E-state index in [1.54, 1.807) is 21.6 Å². The fourth-order valence-corrected chi connectivity index (χ4v) is 6.30. The summed E-state index contributed by atoms with van der Waals surface area (Å²) in [5.41, 5.74) is 7.84. The Bertz CT molecular complexity index is 879. The minimum Gasteiger partial charge on any atom is -0.369 e. The van der Waals surface area contributed by atoms with Crippen LogP contribution < -0.4 is 4.90 Å². The predicted molar refractivity (Wildman–Crippen MR) is 148 cm³/mol. The fraction of sp³-hybridized carbons (Fsp3) is 0.667. The summed E-state index contributed by atoms with van der Waals surface area (Å²) < 4.78 is 0. The van der Waals surface area contributed by atoms with Gasteiger partial charge in [-0.1, -0.05) is 46.2 Å². The number of benzene rings is 1. The van der Waals surface area contributed by atoms with Gasteiger partial charge in [0.15, 0.2) is 0 Å². The van der Waals surface area contributed by atoms with Crippen molar-refractivity contribution in [3.05, 3.63) is 50.7 Å². The highest BCUT2D eigenvalue weighted by Crippen LogP contribution is 2.32. The number of rotatable bonds is 7. The van der Waals surface area contributed by atoms with Crippen molar-refractivity contribution in [2.75, 3.05) is 18.0 Å². The summed E-state index contributed by atoms with van der Waals surface area (Å²) in [6.07, 6.45) is 6.27. The second kappa shape index (κ2) is 11.9. The van der Waals surface area contributed by atoms with Crippen molar-refractivity contribution in [3.63, 3.8) is 0 Å². The lowest BCUT2D eigenvalue weighted by Crippen LogP contribution is -2.35. The topological polar surface area (TPSA) is 6.48 Å². The van der Waals surface area contributed by atoms with Crippen molar-refractivity contribution in [2.24, 2.45) is 11.8 Å². The molecule has 0 bridgehead atoms. The van der Waals surface area contributed by atoms with Crippen LogP contribution in [0.3, 0.4) is 0 Å². The molecule has 33 heavy (non-hydrogen) atoms. The Labute approximate surface area is 208 Å². The Morgan fingerprint density at radius 1 is 0.909 bits per heavy atom. The van der Waals surface area contributed by atoms with Gasteiger partial charge in [0.2, 0.25) is 0 Å². The zero-order valence-corrected chi connectivity index (χ0v) is 23.4. The van der Waals surface area contributed by atoms with Crippen LogP contribution >= 0.6 is 11.3 Å². The van der Waals surface area contributed by atoms with Crippen LogP contribution in [0.4, 0.5) is 5.69 Å². The van der Waals surface area contributed by atoms with E-state index in [4.69, 9.17) is 0 Å². The zero-order chi connectivity index (χ0) is 24.1. The van der Waals surface area contributed by atoms with Gasteiger partial charge in [0, 0.05) is 42.3 Å². The molecule has 0 N–H and O–H groups in total. The Morgan fingerprint density at radius 2 is 1.67 bits per heavy atom. The Morgan fingerprint density at radius 3 is 2.30 bits per heavy atom. The van der Waals surface area contributed by atoms with Crippen molar-refractivity contribution in [3.8, 4) is 0 Å². The van der Waals surface area contributed by atoms with Gasteiger partial charge in [-0.3, -0.25) is 4.90 Å². The van der Waals surface area contributed by atoms with Crippen LogP contribution in [0.1, 0.15) is 88.9 Å². The summed E-state index contributed by atoms with van der Waals surface area (Å²) in [5, 5.41) is 2.42. The number of anilines is 1. The molecular formula is C30H48N2S. The van der Waals surface area contributed by atoms with Crippen LogP contribution in [-0.2, 0) is 32.2 Å². The molecular weight excluding hydrogens is 420 g/mol. The number of nitrogens with zero attached hydrogens (tertiary/aromatic N) is 2. The third-order valence-corrected chi connectivity index (χ3v) is 8.46. The quantitative estimate of drug-likeness (QED) is 0.410. The van der Waals surface area contributed by atoms with Crippen molar-refractivity contribution in [1.29, 1.82) is 0 Å². The molecule has 1 atom stereocenters. The highest BCUT2D eigenvalue weighted by Gasteiger charge is 2.23.